The molecule has 2 unspecified atom stereocenters. The van der Waals surface area contributed by atoms with Crippen molar-refractivity contribution in [1.29, 1.82) is 0 Å². The molecular formula is C15H20N2O. The van der Waals surface area contributed by atoms with Crippen molar-refractivity contribution in [2.45, 2.75) is 19.3 Å². The van der Waals surface area contributed by atoms with E-state index in [1.807, 2.05) is 6.92 Å². The van der Waals surface area contributed by atoms with Crippen molar-refractivity contribution < 1.29 is 4.79 Å². The van der Waals surface area contributed by atoms with Crippen molar-refractivity contribution in [1.82, 2.24) is 10.6 Å². The first-order chi connectivity index (χ1) is 8.75. The van der Waals surface area contributed by atoms with Crippen molar-refractivity contribution in [3.8, 4) is 0 Å². The molecule has 0 bridgehead atoms. The second-order valence-electron chi connectivity index (χ2n) is 5.55. The number of rotatable bonds is 4. The van der Waals surface area contributed by atoms with Gasteiger partial charge < -0.3 is 10.6 Å². The Morgan fingerprint density at radius 2 is 2.22 bits per heavy atom. The SMILES string of the molecule is CC(C(=O)NCC1Cc2ccccc21)C1CNC1. The van der Waals surface area contributed by atoms with Crippen LogP contribution in [-0.4, -0.2) is 25.5 Å². The highest BCUT2D eigenvalue weighted by molar-refractivity contribution is 5.78. The molecule has 2 N–H and O–H groups in total. The van der Waals surface area contributed by atoms with Gasteiger partial charge in [-0.1, -0.05) is 31.2 Å². The molecule has 0 spiro atoms. The van der Waals surface area contributed by atoms with E-state index in [4.69, 9.17) is 0 Å². The topological polar surface area (TPSA) is 41.1 Å². The minimum atomic E-state index is 0.140. The van der Waals surface area contributed by atoms with Gasteiger partial charge in [0.25, 0.3) is 0 Å². The lowest BCUT2D eigenvalue weighted by Crippen LogP contribution is -2.50. The zero-order valence-electron chi connectivity index (χ0n) is 10.8. The van der Waals surface area contributed by atoms with E-state index < -0.39 is 0 Å². The van der Waals surface area contributed by atoms with Crippen LogP contribution in [0.4, 0.5) is 0 Å². The fraction of sp³-hybridized carbons (Fsp3) is 0.533. The van der Waals surface area contributed by atoms with Crippen LogP contribution >= 0.6 is 0 Å². The molecule has 18 heavy (non-hydrogen) atoms. The van der Waals surface area contributed by atoms with Crippen LogP contribution in [0, 0.1) is 11.8 Å². The molecule has 0 radical (unpaired) electrons. The number of carbonyl (C=O) groups is 1. The number of benzene rings is 1. The number of amides is 1. The van der Waals surface area contributed by atoms with E-state index in [0.29, 0.717) is 11.8 Å². The summed E-state index contributed by atoms with van der Waals surface area (Å²) in [5.41, 5.74) is 2.85. The molecule has 1 heterocycles. The smallest absolute Gasteiger partial charge is 0.223 e. The van der Waals surface area contributed by atoms with Gasteiger partial charge in [0.2, 0.25) is 5.91 Å². The molecule has 3 nitrogen and oxygen atoms in total. The molecule has 1 aromatic rings. The Morgan fingerprint density at radius 1 is 1.44 bits per heavy atom. The number of fused-ring (bicyclic) bond motifs is 1. The summed E-state index contributed by atoms with van der Waals surface area (Å²) < 4.78 is 0. The van der Waals surface area contributed by atoms with Crippen LogP contribution in [0.5, 0.6) is 0 Å². The van der Waals surface area contributed by atoms with Crippen LogP contribution in [0.15, 0.2) is 24.3 Å². The summed E-state index contributed by atoms with van der Waals surface area (Å²) in [6, 6.07) is 8.51. The second-order valence-corrected chi connectivity index (χ2v) is 5.55. The summed E-state index contributed by atoms with van der Waals surface area (Å²) in [4.78, 5) is 12.0. The molecule has 1 saturated heterocycles. The fourth-order valence-corrected chi connectivity index (χ4v) is 2.81. The average molecular weight is 244 g/mol. The predicted molar refractivity (Wildman–Crippen MR) is 71.4 cm³/mol. The second kappa shape index (κ2) is 4.73. The summed E-state index contributed by atoms with van der Waals surface area (Å²) in [7, 11) is 0. The Balaban J connectivity index is 1.49. The molecular weight excluding hydrogens is 224 g/mol. The molecule has 1 aliphatic carbocycles. The summed E-state index contributed by atoms with van der Waals surface area (Å²) in [5.74, 6) is 1.41. The first-order valence-electron chi connectivity index (χ1n) is 6.82. The van der Waals surface area contributed by atoms with Crippen molar-refractivity contribution >= 4 is 5.91 Å². The Morgan fingerprint density at radius 3 is 2.89 bits per heavy atom. The minimum absolute atomic E-state index is 0.140. The third kappa shape index (κ3) is 2.03. The molecule has 1 aromatic carbocycles. The average Bonchev–Trinajstić information content (AvgIpc) is 2.27. The zero-order valence-corrected chi connectivity index (χ0v) is 10.8. The van der Waals surface area contributed by atoms with Gasteiger partial charge >= 0.3 is 0 Å². The van der Waals surface area contributed by atoms with Crippen LogP contribution in [0.25, 0.3) is 0 Å². The van der Waals surface area contributed by atoms with Gasteiger partial charge in [0, 0.05) is 18.4 Å². The molecule has 3 rings (SSSR count). The Labute approximate surface area is 108 Å². The molecule has 0 aromatic heterocycles. The van der Waals surface area contributed by atoms with Gasteiger partial charge in [-0.3, -0.25) is 4.79 Å². The van der Waals surface area contributed by atoms with Crippen LogP contribution in [0.2, 0.25) is 0 Å². The van der Waals surface area contributed by atoms with Gasteiger partial charge in [0.05, 0.1) is 0 Å². The lowest BCUT2D eigenvalue weighted by molar-refractivity contribution is -0.126. The predicted octanol–water partition coefficient (Wildman–Crippen LogP) is 1.30. The van der Waals surface area contributed by atoms with Crippen LogP contribution < -0.4 is 10.6 Å². The molecule has 96 valence electrons. The number of carbonyl (C=O) groups excluding carboxylic acids is 1. The normalized spacial score (nSPS) is 23.5. The Hall–Kier alpha value is -1.35. The van der Waals surface area contributed by atoms with Crippen LogP contribution in [-0.2, 0) is 11.2 Å². The maximum Gasteiger partial charge on any atom is 0.223 e. The Bertz CT molecular complexity index is 454. The van der Waals surface area contributed by atoms with E-state index in [-0.39, 0.29) is 11.8 Å². The van der Waals surface area contributed by atoms with Crippen molar-refractivity contribution in [3.05, 3.63) is 35.4 Å². The third-order valence-electron chi connectivity index (χ3n) is 4.42. The largest absolute Gasteiger partial charge is 0.355 e. The van der Waals surface area contributed by atoms with Gasteiger partial charge in [0.15, 0.2) is 0 Å². The maximum atomic E-state index is 12.0. The first-order valence-corrected chi connectivity index (χ1v) is 6.82. The summed E-state index contributed by atoms with van der Waals surface area (Å²) in [6.07, 6.45) is 1.11. The van der Waals surface area contributed by atoms with E-state index in [1.54, 1.807) is 0 Å². The van der Waals surface area contributed by atoms with Crippen LogP contribution in [0.3, 0.4) is 0 Å². The molecule has 1 amide bonds. The number of hydrogen-bond donors (Lipinski definition) is 2. The number of nitrogens with one attached hydrogen (secondary N) is 2. The lowest BCUT2D eigenvalue weighted by atomic mass is 9.77. The van der Waals surface area contributed by atoms with Gasteiger partial charge in [-0.15, -0.1) is 0 Å². The minimum Gasteiger partial charge on any atom is -0.355 e. The standard InChI is InChI=1S/C15H20N2O/c1-10(13-7-16-8-13)15(18)17-9-12-6-11-4-2-3-5-14(11)12/h2-5,10,12-13,16H,6-9H2,1H3,(H,17,18). The van der Waals surface area contributed by atoms with Gasteiger partial charge in [-0.2, -0.15) is 0 Å². The van der Waals surface area contributed by atoms with Gasteiger partial charge in [-0.25, -0.2) is 0 Å². The van der Waals surface area contributed by atoms with Crippen molar-refractivity contribution in [3.63, 3.8) is 0 Å². The zero-order chi connectivity index (χ0) is 12.5. The third-order valence-corrected chi connectivity index (χ3v) is 4.42. The summed E-state index contributed by atoms with van der Waals surface area (Å²) >= 11 is 0. The molecule has 0 saturated carbocycles. The van der Waals surface area contributed by atoms with Crippen LogP contribution in [0.1, 0.15) is 24.0 Å². The highest BCUT2D eigenvalue weighted by Crippen LogP contribution is 2.34. The molecule has 2 aliphatic rings. The van der Waals surface area contributed by atoms with E-state index in [9.17, 15) is 4.79 Å². The lowest BCUT2D eigenvalue weighted by Gasteiger charge is -2.33. The monoisotopic (exact) mass is 244 g/mol. The first kappa shape index (κ1) is 11.7. The van der Waals surface area contributed by atoms with Gasteiger partial charge in [-0.05, 0) is 36.6 Å². The van der Waals surface area contributed by atoms with Crippen molar-refractivity contribution in [2.75, 3.05) is 19.6 Å². The van der Waals surface area contributed by atoms with Crippen molar-refractivity contribution in [2.24, 2.45) is 11.8 Å². The molecule has 2 atom stereocenters. The summed E-state index contributed by atoms with van der Waals surface area (Å²) in [5, 5.41) is 6.32. The summed E-state index contributed by atoms with van der Waals surface area (Å²) in [6.45, 7) is 4.80. The Kier molecular flexibility index (Phi) is 3.08. The van der Waals surface area contributed by atoms with E-state index in [2.05, 4.69) is 34.9 Å². The molecule has 1 aliphatic heterocycles. The van der Waals surface area contributed by atoms with E-state index in [1.165, 1.54) is 11.1 Å². The molecule has 3 heteroatoms. The highest BCUT2D eigenvalue weighted by atomic mass is 16.1. The quantitative estimate of drug-likeness (QED) is 0.838. The van der Waals surface area contributed by atoms with Gasteiger partial charge in [0.1, 0.15) is 0 Å². The maximum absolute atomic E-state index is 12.0. The van der Waals surface area contributed by atoms with E-state index in [0.717, 1.165) is 26.1 Å². The molecule has 1 fully saturated rings. The number of hydrogen-bond acceptors (Lipinski definition) is 2. The van der Waals surface area contributed by atoms with E-state index >= 15 is 0 Å². The fourth-order valence-electron chi connectivity index (χ4n) is 2.81. The highest BCUT2D eigenvalue weighted by Gasteiger charge is 2.30.